The second-order valence-electron chi connectivity index (χ2n) is 4.19. The predicted molar refractivity (Wildman–Crippen MR) is 74.0 cm³/mol. The van der Waals surface area contributed by atoms with Crippen molar-refractivity contribution in [1.82, 2.24) is 5.32 Å². The summed E-state index contributed by atoms with van der Waals surface area (Å²) in [7, 11) is 0. The molecule has 1 amide bonds. The van der Waals surface area contributed by atoms with Gasteiger partial charge in [0, 0.05) is 5.56 Å². The van der Waals surface area contributed by atoms with Crippen LogP contribution in [0.15, 0.2) is 24.3 Å². The van der Waals surface area contributed by atoms with Crippen LogP contribution in [0, 0.1) is 0 Å². The molecule has 0 aromatic heterocycles. The number of hydrogen-bond donors (Lipinski definition) is 2. The first-order valence-corrected chi connectivity index (χ1v) is 5.93. The van der Waals surface area contributed by atoms with Gasteiger partial charge in [-0.25, -0.2) is 8.78 Å². The van der Waals surface area contributed by atoms with Crippen molar-refractivity contribution >= 4 is 18.3 Å². The number of nitrogens with two attached hydrogens (primary N) is 1. The third kappa shape index (κ3) is 5.98. The minimum Gasteiger partial charge on any atom is -0.346 e. The lowest BCUT2D eigenvalue weighted by atomic mass is 10.1. The summed E-state index contributed by atoms with van der Waals surface area (Å²) >= 11 is 0. The van der Waals surface area contributed by atoms with Crippen molar-refractivity contribution < 1.29 is 13.6 Å². The first-order valence-electron chi connectivity index (χ1n) is 5.93. The first-order chi connectivity index (χ1) is 8.48. The molecule has 0 bridgehead atoms. The molecule has 0 radical (unpaired) electrons. The van der Waals surface area contributed by atoms with Gasteiger partial charge >= 0.3 is 0 Å². The van der Waals surface area contributed by atoms with Gasteiger partial charge in [-0.2, -0.15) is 0 Å². The second kappa shape index (κ2) is 8.07. The van der Waals surface area contributed by atoms with Crippen molar-refractivity contribution in [3.8, 4) is 0 Å². The Hall–Kier alpha value is -1.20. The molecular formula is C13H19ClF2N2O. The maximum atomic E-state index is 12.9. The van der Waals surface area contributed by atoms with Gasteiger partial charge in [0.1, 0.15) is 0 Å². The Balaban J connectivity index is 0.00000324. The van der Waals surface area contributed by atoms with Crippen LogP contribution < -0.4 is 11.1 Å². The zero-order chi connectivity index (χ0) is 13.6. The quantitative estimate of drug-likeness (QED) is 0.846. The molecule has 3 nitrogen and oxygen atoms in total. The van der Waals surface area contributed by atoms with Crippen molar-refractivity contribution in [3.63, 3.8) is 0 Å². The van der Waals surface area contributed by atoms with Crippen molar-refractivity contribution in [3.05, 3.63) is 35.4 Å². The fraction of sp³-hybridized carbons (Fsp3) is 0.462. The largest absolute Gasteiger partial charge is 0.346 e. The third-order valence-electron chi connectivity index (χ3n) is 2.56. The van der Waals surface area contributed by atoms with E-state index in [4.69, 9.17) is 5.73 Å². The summed E-state index contributed by atoms with van der Waals surface area (Å²) in [5.41, 5.74) is 6.39. The lowest BCUT2D eigenvalue weighted by Gasteiger charge is -2.14. The minimum absolute atomic E-state index is 0. The molecule has 6 heteroatoms. The van der Waals surface area contributed by atoms with Gasteiger partial charge in [-0.1, -0.05) is 25.5 Å². The van der Waals surface area contributed by atoms with Crippen LogP contribution in [0.5, 0.6) is 0 Å². The van der Waals surface area contributed by atoms with Crippen molar-refractivity contribution in [2.45, 2.75) is 25.7 Å². The number of rotatable bonds is 6. The van der Waals surface area contributed by atoms with E-state index < -0.39 is 24.9 Å². The van der Waals surface area contributed by atoms with Crippen LogP contribution >= 0.6 is 12.4 Å². The molecule has 0 unspecified atom stereocenters. The number of nitrogens with one attached hydrogen (secondary N) is 1. The minimum atomic E-state index is -3.06. The highest BCUT2D eigenvalue weighted by molar-refractivity contribution is 5.94. The lowest BCUT2D eigenvalue weighted by molar-refractivity contribution is 0.0118. The Morgan fingerprint density at radius 3 is 2.37 bits per heavy atom. The fourth-order valence-corrected chi connectivity index (χ4v) is 1.50. The third-order valence-corrected chi connectivity index (χ3v) is 2.56. The Kier molecular flexibility index (Phi) is 7.56. The lowest BCUT2D eigenvalue weighted by Crippen LogP contribution is -2.41. The zero-order valence-corrected chi connectivity index (χ0v) is 11.6. The first kappa shape index (κ1) is 17.8. The van der Waals surface area contributed by atoms with E-state index in [1.807, 2.05) is 12.1 Å². The number of amides is 1. The highest BCUT2D eigenvalue weighted by Gasteiger charge is 2.27. The summed E-state index contributed by atoms with van der Waals surface area (Å²) in [5, 5.41) is 2.17. The van der Waals surface area contributed by atoms with E-state index in [-0.39, 0.29) is 12.4 Å². The van der Waals surface area contributed by atoms with Crippen LogP contribution in [0.1, 0.15) is 29.3 Å². The van der Waals surface area contributed by atoms with Gasteiger partial charge in [-0.15, -0.1) is 12.4 Å². The smallest absolute Gasteiger partial charge is 0.277 e. The Morgan fingerprint density at radius 1 is 1.32 bits per heavy atom. The summed E-state index contributed by atoms with van der Waals surface area (Å²) in [6.07, 6.45) is 1.96. The monoisotopic (exact) mass is 292 g/mol. The van der Waals surface area contributed by atoms with E-state index in [1.54, 1.807) is 12.1 Å². The summed E-state index contributed by atoms with van der Waals surface area (Å²) in [4.78, 5) is 11.6. The average Bonchev–Trinajstić information content (AvgIpc) is 2.37. The molecule has 108 valence electrons. The molecule has 3 N–H and O–H groups in total. The standard InChI is InChI=1S/C13H18F2N2O.ClH/c1-2-3-10-4-6-11(7-5-10)12(18)17-9-13(14,15)8-16;/h4-7H,2-3,8-9,16H2,1H3,(H,17,18);1H. The van der Waals surface area contributed by atoms with Crippen LogP contribution in [0.3, 0.4) is 0 Å². The molecule has 0 fully saturated rings. The predicted octanol–water partition coefficient (Wildman–Crippen LogP) is 2.38. The molecule has 0 aliphatic heterocycles. The maximum Gasteiger partial charge on any atom is 0.277 e. The van der Waals surface area contributed by atoms with Gasteiger partial charge in [0.15, 0.2) is 0 Å². The van der Waals surface area contributed by atoms with E-state index in [2.05, 4.69) is 12.2 Å². The van der Waals surface area contributed by atoms with Crippen molar-refractivity contribution in [2.75, 3.05) is 13.1 Å². The highest BCUT2D eigenvalue weighted by Crippen LogP contribution is 2.10. The number of aryl methyl sites for hydroxylation is 1. The van der Waals surface area contributed by atoms with Crippen molar-refractivity contribution in [1.29, 1.82) is 0 Å². The van der Waals surface area contributed by atoms with Crippen LogP contribution in [0.2, 0.25) is 0 Å². The normalized spacial score (nSPS) is 10.7. The highest BCUT2D eigenvalue weighted by atomic mass is 35.5. The Labute approximate surface area is 118 Å². The van der Waals surface area contributed by atoms with E-state index in [9.17, 15) is 13.6 Å². The number of hydrogen-bond acceptors (Lipinski definition) is 2. The molecule has 1 rings (SSSR count). The Morgan fingerprint density at radius 2 is 1.89 bits per heavy atom. The van der Waals surface area contributed by atoms with E-state index >= 15 is 0 Å². The molecule has 0 saturated carbocycles. The SMILES string of the molecule is CCCc1ccc(C(=O)NCC(F)(F)CN)cc1.Cl. The van der Waals surface area contributed by atoms with Gasteiger partial charge in [0.2, 0.25) is 0 Å². The number of alkyl halides is 2. The fourth-order valence-electron chi connectivity index (χ4n) is 1.50. The Bertz CT molecular complexity index is 396. The number of carbonyl (C=O) groups excluding carboxylic acids is 1. The van der Waals surface area contributed by atoms with E-state index in [1.165, 1.54) is 0 Å². The van der Waals surface area contributed by atoms with Gasteiger partial charge < -0.3 is 11.1 Å². The molecule has 1 aromatic rings. The molecular weight excluding hydrogens is 274 g/mol. The van der Waals surface area contributed by atoms with Crippen molar-refractivity contribution in [2.24, 2.45) is 5.73 Å². The van der Waals surface area contributed by atoms with Crippen LogP contribution in [0.4, 0.5) is 8.78 Å². The van der Waals surface area contributed by atoms with Crippen LogP contribution in [-0.4, -0.2) is 24.9 Å². The summed E-state index contributed by atoms with van der Waals surface area (Å²) in [6.45, 7) is 0.553. The molecule has 0 spiro atoms. The summed E-state index contributed by atoms with van der Waals surface area (Å²) in [6, 6.07) is 6.95. The topological polar surface area (TPSA) is 55.1 Å². The number of benzene rings is 1. The zero-order valence-electron chi connectivity index (χ0n) is 10.8. The summed E-state index contributed by atoms with van der Waals surface area (Å²) < 4.78 is 25.7. The van der Waals surface area contributed by atoms with Gasteiger partial charge in [0.05, 0.1) is 13.1 Å². The van der Waals surface area contributed by atoms with Gasteiger partial charge in [0.25, 0.3) is 11.8 Å². The average molecular weight is 293 g/mol. The van der Waals surface area contributed by atoms with E-state index in [0.29, 0.717) is 5.56 Å². The van der Waals surface area contributed by atoms with E-state index in [0.717, 1.165) is 18.4 Å². The molecule has 0 heterocycles. The van der Waals surface area contributed by atoms with Gasteiger partial charge in [-0.3, -0.25) is 4.79 Å². The molecule has 0 aliphatic rings. The van der Waals surface area contributed by atoms with Gasteiger partial charge in [-0.05, 0) is 24.1 Å². The maximum absolute atomic E-state index is 12.9. The van der Waals surface area contributed by atoms with Crippen LogP contribution in [0.25, 0.3) is 0 Å². The molecule has 19 heavy (non-hydrogen) atoms. The second-order valence-corrected chi connectivity index (χ2v) is 4.19. The molecule has 0 atom stereocenters. The molecule has 1 aromatic carbocycles. The summed E-state index contributed by atoms with van der Waals surface area (Å²) in [5.74, 6) is -3.57. The molecule has 0 saturated heterocycles. The molecule has 0 aliphatic carbocycles. The number of halogens is 3. The number of carbonyl (C=O) groups is 1. The van der Waals surface area contributed by atoms with Crippen LogP contribution in [-0.2, 0) is 6.42 Å².